The Labute approximate surface area is 160 Å². The van der Waals surface area contributed by atoms with E-state index in [1.165, 1.54) is 6.92 Å². The molecule has 0 radical (unpaired) electrons. The van der Waals surface area contributed by atoms with Crippen LogP contribution in [0.15, 0.2) is 23.8 Å². The van der Waals surface area contributed by atoms with E-state index in [4.69, 9.17) is 14.2 Å². The molecule has 0 aliphatic carbocycles. The van der Waals surface area contributed by atoms with Crippen LogP contribution in [0.3, 0.4) is 0 Å². The summed E-state index contributed by atoms with van der Waals surface area (Å²) < 4.78 is 15.7. The minimum Gasteiger partial charge on any atom is -0.463 e. The van der Waals surface area contributed by atoms with Gasteiger partial charge in [0, 0.05) is 0 Å². The maximum absolute atomic E-state index is 12.9. The Balaban J connectivity index is 2.27. The third-order valence-corrected chi connectivity index (χ3v) is 4.71. The fourth-order valence-electron chi connectivity index (χ4n) is 3.43. The van der Waals surface area contributed by atoms with E-state index < -0.39 is 40.8 Å². The summed E-state index contributed by atoms with van der Waals surface area (Å²) in [6.07, 6.45) is 4.39. The lowest BCUT2D eigenvalue weighted by Crippen LogP contribution is -2.60. The van der Waals surface area contributed by atoms with Crippen molar-refractivity contribution in [3.05, 3.63) is 23.8 Å². The van der Waals surface area contributed by atoms with E-state index in [2.05, 4.69) is 0 Å². The maximum atomic E-state index is 12.9. The average Bonchev–Trinajstić information content (AvgIpc) is 2.70. The second kappa shape index (κ2) is 7.02. The lowest BCUT2D eigenvalue weighted by Gasteiger charge is -2.47. The van der Waals surface area contributed by atoms with Crippen LogP contribution < -0.4 is 0 Å². The van der Waals surface area contributed by atoms with Crippen LogP contribution in [-0.2, 0) is 23.8 Å². The molecule has 0 saturated carbocycles. The van der Waals surface area contributed by atoms with Crippen molar-refractivity contribution >= 4 is 18.0 Å². The van der Waals surface area contributed by atoms with Gasteiger partial charge in [0.25, 0.3) is 0 Å². The summed E-state index contributed by atoms with van der Waals surface area (Å²) in [4.78, 5) is 39.0. The van der Waals surface area contributed by atoms with Gasteiger partial charge in [-0.25, -0.2) is 14.4 Å². The highest BCUT2D eigenvalue weighted by atomic mass is 16.6. The first-order chi connectivity index (χ1) is 12.3. The largest absolute Gasteiger partial charge is 0.463 e. The van der Waals surface area contributed by atoms with E-state index in [0.29, 0.717) is 12.0 Å². The smallest absolute Gasteiger partial charge is 0.411 e. The average molecular weight is 379 g/mol. The molecule has 1 amide bonds. The van der Waals surface area contributed by atoms with Gasteiger partial charge in [-0.1, -0.05) is 18.2 Å². The Kier molecular flexibility index (Phi) is 5.46. The number of amides is 1. The van der Waals surface area contributed by atoms with Gasteiger partial charge in [-0.3, -0.25) is 4.90 Å². The first-order valence-corrected chi connectivity index (χ1v) is 9.16. The van der Waals surface area contributed by atoms with Crippen molar-refractivity contribution in [3.63, 3.8) is 0 Å². The Hall–Kier alpha value is -2.31. The quantitative estimate of drug-likeness (QED) is 0.424. The van der Waals surface area contributed by atoms with Gasteiger partial charge in [0.2, 0.25) is 0 Å². The highest BCUT2D eigenvalue weighted by Crippen LogP contribution is 2.47. The summed E-state index contributed by atoms with van der Waals surface area (Å²) in [7, 11) is 0. The van der Waals surface area contributed by atoms with Crippen molar-refractivity contribution in [1.29, 1.82) is 0 Å². The first kappa shape index (κ1) is 21.0. The number of rotatable bonds is 4. The van der Waals surface area contributed by atoms with Gasteiger partial charge in [0.15, 0.2) is 6.10 Å². The zero-order chi connectivity index (χ0) is 20.6. The summed E-state index contributed by atoms with van der Waals surface area (Å²) >= 11 is 0. The second-order valence-corrected chi connectivity index (χ2v) is 8.28. The highest BCUT2D eigenvalue weighted by Gasteiger charge is 2.56. The number of carbonyl (C=O) groups is 3. The van der Waals surface area contributed by atoms with Crippen molar-refractivity contribution in [1.82, 2.24) is 4.90 Å². The number of fused-ring (bicyclic) bond motifs is 2. The van der Waals surface area contributed by atoms with Crippen LogP contribution in [0.1, 0.15) is 54.9 Å². The van der Waals surface area contributed by atoms with Gasteiger partial charge in [0.1, 0.15) is 5.60 Å². The molecule has 3 atom stereocenters. The molecule has 2 aliphatic heterocycles. The minimum absolute atomic E-state index is 0.203. The van der Waals surface area contributed by atoms with Crippen LogP contribution in [0.2, 0.25) is 0 Å². The molecule has 0 saturated heterocycles. The Morgan fingerprint density at radius 3 is 2.41 bits per heavy atom. The Morgan fingerprint density at radius 2 is 1.85 bits per heavy atom. The molecule has 2 heterocycles. The standard InChI is InChI=1S/C20H29NO6/c1-8-25-15(22)13(2)26-16(23)14-9-10-19(6)11-12-20(14,7)21(19)17(24)27-18(3,4)5/h9,11-13H,8,10H2,1-7H3/t13-,19+,20+/m0/s1. The van der Waals surface area contributed by atoms with Crippen LogP contribution in [0.25, 0.3) is 0 Å². The summed E-state index contributed by atoms with van der Waals surface area (Å²) in [6, 6.07) is 0. The molecular weight excluding hydrogens is 350 g/mol. The summed E-state index contributed by atoms with van der Waals surface area (Å²) in [6.45, 7) is 12.4. The van der Waals surface area contributed by atoms with E-state index in [9.17, 15) is 14.4 Å². The van der Waals surface area contributed by atoms with Crippen LogP contribution in [-0.4, -0.2) is 52.3 Å². The van der Waals surface area contributed by atoms with Gasteiger partial charge in [-0.05, 0) is 54.9 Å². The highest BCUT2D eigenvalue weighted by molar-refractivity contribution is 5.95. The molecule has 2 rings (SSSR count). The van der Waals surface area contributed by atoms with Crippen LogP contribution >= 0.6 is 0 Å². The minimum atomic E-state index is -1.03. The van der Waals surface area contributed by atoms with Crippen molar-refractivity contribution in [2.75, 3.05) is 6.61 Å². The molecule has 0 N–H and O–H groups in total. The number of ether oxygens (including phenoxy) is 3. The molecule has 27 heavy (non-hydrogen) atoms. The molecule has 7 nitrogen and oxygen atoms in total. The van der Waals surface area contributed by atoms with Crippen molar-refractivity contribution in [2.24, 2.45) is 0 Å². The number of nitrogens with zero attached hydrogens (tertiary/aromatic N) is 1. The number of hydrogen-bond donors (Lipinski definition) is 0. The van der Waals surface area contributed by atoms with Crippen LogP contribution in [0.4, 0.5) is 4.79 Å². The van der Waals surface area contributed by atoms with E-state index >= 15 is 0 Å². The maximum Gasteiger partial charge on any atom is 0.411 e. The molecule has 0 aromatic heterocycles. The molecular formula is C20H29NO6. The van der Waals surface area contributed by atoms with Crippen molar-refractivity contribution < 1.29 is 28.6 Å². The van der Waals surface area contributed by atoms with E-state index in [0.717, 1.165) is 0 Å². The zero-order valence-corrected chi connectivity index (χ0v) is 17.1. The zero-order valence-electron chi connectivity index (χ0n) is 17.1. The monoisotopic (exact) mass is 379 g/mol. The van der Waals surface area contributed by atoms with Crippen LogP contribution in [0, 0.1) is 0 Å². The molecule has 0 aromatic rings. The third kappa shape index (κ3) is 4.01. The normalized spacial score (nSPS) is 27.7. The molecule has 0 spiro atoms. The molecule has 0 fully saturated rings. The predicted molar refractivity (Wildman–Crippen MR) is 98.9 cm³/mol. The van der Waals surface area contributed by atoms with Gasteiger partial charge in [0.05, 0.1) is 23.3 Å². The Morgan fingerprint density at radius 1 is 1.22 bits per heavy atom. The summed E-state index contributed by atoms with van der Waals surface area (Å²) in [5.74, 6) is -1.26. The van der Waals surface area contributed by atoms with Gasteiger partial charge >= 0.3 is 18.0 Å². The van der Waals surface area contributed by atoms with E-state index in [1.54, 1.807) is 45.6 Å². The van der Waals surface area contributed by atoms with Gasteiger partial charge in [-0.2, -0.15) is 0 Å². The topological polar surface area (TPSA) is 82.1 Å². The van der Waals surface area contributed by atoms with Crippen molar-refractivity contribution in [2.45, 2.75) is 77.7 Å². The SMILES string of the molecule is CCOC(=O)[C@H](C)OC(=O)C1=CC[C@]2(C)C=C[C@@]1(C)N2C(=O)OC(C)(C)C. The summed E-state index contributed by atoms with van der Waals surface area (Å²) in [5, 5.41) is 0. The fraction of sp³-hybridized carbons (Fsp3) is 0.650. The van der Waals surface area contributed by atoms with Crippen LogP contribution in [0.5, 0.6) is 0 Å². The molecule has 150 valence electrons. The lowest BCUT2D eigenvalue weighted by atomic mass is 9.84. The number of carbonyl (C=O) groups excluding carboxylic acids is 3. The number of hydrogen-bond acceptors (Lipinski definition) is 6. The molecule has 0 aromatic carbocycles. The molecule has 2 aliphatic rings. The molecule has 2 bridgehead atoms. The third-order valence-electron chi connectivity index (χ3n) is 4.71. The van der Waals surface area contributed by atoms with Crippen molar-refractivity contribution in [3.8, 4) is 0 Å². The predicted octanol–water partition coefficient (Wildman–Crippen LogP) is 3.14. The second-order valence-electron chi connectivity index (χ2n) is 8.28. The molecule has 7 heteroatoms. The lowest BCUT2D eigenvalue weighted by molar-refractivity contribution is -0.164. The first-order valence-electron chi connectivity index (χ1n) is 9.16. The Bertz CT molecular complexity index is 704. The van der Waals surface area contributed by atoms with Gasteiger partial charge in [-0.15, -0.1) is 0 Å². The fourth-order valence-corrected chi connectivity index (χ4v) is 3.43. The number of esters is 2. The van der Waals surface area contributed by atoms with E-state index in [1.807, 2.05) is 19.1 Å². The summed E-state index contributed by atoms with van der Waals surface area (Å²) in [5.41, 5.74) is -1.96. The van der Waals surface area contributed by atoms with E-state index in [-0.39, 0.29) is 6.61 Å². The molecule has 0 unspecified atom stereocenters. The van der Waals surface area contributed by atoms with Gasteiger partial charge < -0.3 is 14.2 Å².